The van der Waals surface area contributed by atoms with Gasteiger partial charge in [0, 0.05) is 19.3 Å². The van der Waals surface area contributed by atoms with Crippen molar-refractivity contribution in [1.29, 1.82) is 0 Å². The van der Waals surface area contributed by atoms with Gasteiger partial charge >= 0.3 is 6.18 Å². The van der Waals surface area contributed by atoms with Crippen molar-refractivity contribution in [2.45, 2.75) is 12.6 Å². The van der Waals surface area contributed by atoms with E-state index in [1.54, 1.807) is 0 Å². The number of carbonyl (C=O) groups is 2. The molecule has 1 aliphatic heterocycles. The van der Waals surface area contributed by atoms with Crippen LogP contribution in [0, 0.1) is 0 Å². The van der Waals surface area contributed by atoms with E-state index in [4.69, 9.17) is 0 Å². The second-order valence-electron chi connectivity index (χ2n) is 4.30. The number of Topliss-reactive ketones (excluding diaryl/α,β-unsaturated/α-hetero) is 1. The molecule has 0 atom stereocenters. The summed E-state index contributed by atoms with van der Waals surface area (Å²) in [5, 5.41) is 2.38. The number of anilines is 2. The number of rotatable bonds is 3. The summed E-state index contributed by atoms with van der Waals surface area (Å²) < 4.78 is 36.4. The summed E-state index contributed by atoms with van der Waals surface area (Å²) in [4.78, 5) is 23.9. The van der Waals surface area contributed by atoms with Crippen LogP contribution in [0.1, 0.15) is 16.8 Å². The van der Waals surface area contributed by atoms with Gasteiger partial charge in [-0.25, -0.2) is 0 Å². The fraction of sp³-hybridized carbons (Fsp3) is 0.333. The summed E-state index contributed by atoms with van der Waals surface area (Å²) in [7, 11) is 1.52. The van der Waals surface area contributed by atoms with Crippen LogP contribution in [0.4, 0.5) is 24.5 Å². The minimum absolute atomic E-state index is 0.190. The molecule has 1 N–H and O–H groups in total. The van der Waals surface area contributed by atoms with Crippen molar-refractivity contribution >= 4 is 23.1 Å². The van der Waals surface area contributed by atoms with E-state index in [0.717, 1.165) is 0 Å². The summed E-state index contributed by atoms with van der Waals surface area (Å²) in [6, 6.07) is 4.46. The first-order valence-corrected chi connectivity index (χ1v) is 5.55. The number of ketones is 1. The number of nitrogens with one attached hydrogen (secondary N) is 1. The quantitative estimate of drug-likeness (QED) is 0.858. The van der Waals surface area contributed by atoms with Crippen molar-refractivity contribution in [2.75, 3.05) is 23.8 Å². The molecular weight excluding hydrogens is 261 g/mol. The number of benzene rings is 1. The van der Waals surface area contributed by atoms with Crippen LogP contribution in [0.3, 0.4) is 0 Å². The second-order valence-corrected chi connectivity index (χ2v) is 4.30. The zero-order chi connectivity index (χ0) is 14.2. The lowest BCUT2D eigenvalue weighted by Crippen LogP contribution is -2.24. The maximum atomic E-state index is 12.1. The molecule has 1 aliphatic rings. The molecule has 0 unspecified atom stereocenters. The van der Waals surface area contributed by atoms with Gasteiger partial charge in [-0.2, -0.15) is 13.2 Å². The molecule has 1 aromatic carbocycles. The Hall–Kier alpha value is -2.05. The fourth-order valence-electron chi connectivity index (χ4n) is 1.80. The molecule has 0 aliphatic carbocycles. The van der Waals surface area contributed by atoms with E-state index in [2.05, 4.69) is 5.32 Å². The van der Waals surface area contributed by atoms with Gasteiger partial charge < -0.3 is 10.2 Å². The van der Waals surface area contributed by atoms with Crippen LogP contribution in [0.2, 0.25) is 0 Å². The molecule has 0 aromatic heterocycles. The molecule has 0 saturated carbocycles. The maximum absolute atomic E-state index is 12.1. The molecule has 7 heteroatoms. The Morgan fingerprint density at radius 3 is 2.58 bits per heavy atom. The van der Waals surface area contributed by atoms with E-state index in [1.165, 1.54) is 30.1 Å². The highest BCUT2D eigenvalue weighted by Crippen LogP contribution is 2.28. The smallest absolute Gasteiger partial charge is 0.374 e. The Labute approximate surface area is 107 Å². The average Bonchev–Trinajstić information content (AvgIpc) is 2.61. The van der Waals surface area contributed by atoms with Crippen LogP contribution in [0.5, 0.6) is 0 Å². The lowest BCUT2D eigenvalue weighted by molar-refractivity contribution is -0.132. The van der Waals surface area contributed by atoms with E-state index in [-0.39, 0.29) is 12.1 Å². The Morgan fingerprint density at radius 2 is 1.95 bits per heavy atom. The Balaban J connectivity index is 2.13. The van der Waals surface area contributed by atoms with E-state index >= 15 is 0 Å². The number of amides is 1. The Bertz CT molecular complexity index is 540. The second kappa shape index (κ2) is 4.56. The van der Waals surface area contributed by atoms with Crippen LogP contribution in [-0.2, 0) is 4.79 Å². The van der Waals surface area contributed by atoms with Gasteiger partial charge in [0.15, 0.2) is 0 Å². The maximum Gasteiger partial charge on any atom is 0.390 e. The summed E-state index contributed by atoms with van der Waals surface area (Å²) in [6.07, 6.45) is -5.14. The van der Waals surface area contributed by atoms with E-state index in [0.29, 0.717) is 11.4 Å². The average molecular weight is 272 g/mol. The fourth-order valence-corrected chi connectivity index (χ4v) is 1.80. The van der Waals surface area contributed by atoms with Gasteiger partial charge in [-0.1, -0.05) is 0 Å². The van der Waals surface area contributed by atoms with Crippen LogP contribution in [0.25, 0.3) is 0 Å². The molecule has 0 fully saturated rings. The van der Waals surface area contributed by atoms with Crippen molar-refractivity contribution in [3.63, 3.8) is 0 Å². The topological polar surface area (TPSA) is 49.4 Å². The molecule has 1 heterocycles. The van der Waals surface area contributed by atoms with Crippen molar-refractivity contribution < 1.29 is 22.8 Å². The largest absolute Gasteiger partial charge is 0.390 e. The number of carbonyl (C=O) groups excluding carboxylic acids is 2. The van der Waals surface area contributed by atoms with Crippen LogP contribution < -0.4 is 10.2 Å². The molecular formula is C12H11F3N2O2. The van der Waals surface area contributed by atoms with Crippen molar-refractivity contribution in [3.05, 3.63) is 23.8 Å². The number of halogens is 3. The van der Waals surface area contributed by atoms with Gasteiger partial charge in [0.25, 0.3) is 11.7 Å². The molecule has 0 radical (unpaired) electrons. The van der Waals surface area contributed by atoms with Crippen molar-refractivity contribution in [2.24, 2.45) is 0 Å². The third-order valence-electron chi connectivity index (χ3n) is 2.87. The lowest BCUT2D eigenvalue weighted by atomic mass is 10.1. The number of hydrogen-bond acceptors (Lipinski definition) is 3. The molecule has 4 nitrogen and oxygen atoms in total. The highest BCUT2D eigenvalue weighted by Gasteiger charge is 2.29. The number of hydrogen-bond donors (Lipinski definition) is 1. The van der Waals surface area contributed by atoms with E-state index in [9.17, 15) is 22.8 Å². The zero-order valence-electron chi connectivity index (χ0n) is 10.0. The first kappa shape index (κ1) is 13.4. The number of nitrogens with zero attached hydrogens (tertiary/aromatic N) is 1. The predicted molar refractivity (Wildman–Crippen MR) is 63.3 cm³/mol. The van der Waals surface area contributed by atoms with Crippen LogP contribution in [0.15, 0.2) is 18.2 Å². The minimum Gasteiger partial charge on any atom is -0.374 e. The highest BCUT2D eigenvalue weighted by atomic mass is 19.4. The third kappa shape index (κ3) is 2.86. The Morgan fingerprint density at radius 1 is 1.26 bits per heavy atom. The van der Waals surface area contributed by atoms with Gasteiger partial charge in [-0.3, -0.25) is 9.59 Å². The molecule has 0 spiro atoms. The first-order chi connectivity index (χ1) is 8.78. The number of alkyl halides is 3. The summed E-state index contributed by atoms with van der Waals surface area (Å²) in [5.41, 5.74) is 1.10. The van der Waals surface area contributed by atoms with Crippen LogP contribution in [-0.4, -0.2) is 31.5 Å². The van der Waals surface area contributed by atoms with Crippen molar-refractivity contribution in [1.82, 2.24) is 0 Å². The standard InChI is InChI=1S/C12H11F3N2O2/c1-17(5-4-12(13,14)15)7-2-3-8-9(6-7)16-11(19)10(8)18/h2-3,6H,4-5H2,1H3,(H,16,18,19). The molecule has 1 amide bonds. The molecule has 1 aromatic rings. The van der Waals surface area contributed by atoms with Crippen LogP contribution >= 0.6 is 0 Å². The molecule has 0 saturated heterocycles. The lowest BCUT2D eigenvalue weighted by Gasteiger charge is -2.20. The summed E-state index contributed by atoms with van der Waals surface area (Å²) >= 11 is 0. The minimum atomic E-state index is -4.21. The highest BCUT2D eigenvalue weighted by molar-refractivity contribution is 6.51. The summed E-state index contributed by atoms with van der Waals surface area (Å²) in [5.74, 6) is -1.34. The normalized spacial score (nSPS) is 14.3. The van der Waals surface area contributed by atoms with Gasteiger partial charge in [0.05, 0.1) is 17.7 Å². The molecule has 19 heavy (non-hydrogen) atoms. The monoisotopic (exact) mass is 272 g/mol. The predicted octanol–water partition coefficient (Wildman–Crippen LogP) is 2.21. The molecule has 0 bridgehead atoms. The zero-order valence-corrected chi connectivity index (χ0v) is 10.0. The Kier molecular flexibility index (Phi) is 3.21. The van der Waals surface area contributed by atoms with Gasteiger partial charge in [-0.05, 0) is 18.2 Å². The number of fused-ring (bicyclic) bond motifs is 1. The van der Waals surface area contributed by atoms with Gasteiger partial charge in [-0.15, -0.1) is 0 Å². The van der Waals surface area contributed by atoms with E-state index < -0.39 is 24.3 Å². The van der Waals surface area contributed by atoms with Gasteiger partial charge in [0.2, 0.25) is 0 Å². The van der Waals surface area contributed by atoms with E-state index in [1.807, 2.05) is 0 Å². The van der Waals surface area contributed by atoms with Crippen molar-refractivity contribution in [3.8, 4) is 0 Å². The third-order valence-corrected chi connectivity index (χ3v) is 2.87. The first-order valence-electron chi connectivity index (χ1n) is 5.55. The van der Waals surface area contributed by atoms with Gasteiger partial charge in [0.1, 0.15) is 0 Å². The molecule has 2 rings (SSSR count). The molecule has 102 valence electrons. The summed E-state index contributed by atoms with van der Waals surface area (Å²) in [6.45, 7) is -0.190. The SMILES string of the molecule is CN(CCC(F)(F)F)c1ccc2c(c1)NC(=O)C2=O.